The van der Waals surface area contributed by atoms with Crippen LogP contribution >= 0.6 is 0 Å². The zero-order valence-electron chi connectivity index (χ0n) is 10.00. The van der Waals surface area contributed by atoms with Crippen molar-refractivity contribution in [3.63, 3.8) is 0 Å². The summed E-state index contributed by atoms with van der Waals surface area (Å²) >= 11 is 0. The van der Waals surface area contributed by atoms with E-state index < -0.39 is 0 Å². The molecule has 1 aromatic heterocycles. The molecule has 0 amide bonds. The standard InChI is InChI=1S/C13H14N4O/c1-18-11-4-2-3-9(7-11)10-5-6-12(16-8-10)17-13(14)15/h2-8H,1H3,(H4,14,15,16,17). The van der Waals surface area contributed by atoms with E-state index in [1.54, 1.807) is 19.4 Å². The molecule has 0 aliphatic rings. The van der Waals surface area contributed by atoms with Gasteiger partial charge in [-0.05, 0) is 29.8 Å². The minimum atomic E-state index is -0.00312. The molecule has 0 bridgehead atoms. The van der Waals surface area contributed by atoms with Crippen LogP contribution in [0.25, 0.3) is 11.1 Å². The molecule has 1 heterocycles. The summed E-state index contributed by atoms with van der Waals surface area (Å²) in [6, 6.07) is 11.4. The summed E-state index contributed by atoms with van der Waals surface area (Å²) in [5.74, 6) is 1.29. The summed E-state index contributed by atoms with van der Waals surface area (Å²) in [5.41, 5.74) is 12.6. The van der Waals surface area contributed by atoms with Gasteiger partial charge in [0, 0.05) is 11.8 Å². The number of ether oxygens (including phenoxy) is 1. The van der Waals surface area contributed by atoms with E-state index in [2.05, 4.69) is 9.98 Å². The van der Waals surface area contributed by atoms with E-state index in [9.17, 15) is 0 Å². The topological polar surface area (TPSA) is 86.5 Å². The van der Waals surface area contributed by atoms with Crippen molar-refractivity contribution < 1.29 is 4.74 Å². The molecular formula is C13H14N4O. The smallest absolute Gasteiger partial charge is 0.192 e. The van der Waals surface area contributed by atoms with Crippen molar-refractivity contribution in [2.45, 2.75) is 0 Å². The van der Waals surface area contributed by atoms with Gasteiger partial charge in [-0.15, -0.1) is 0 Å². The molecule has 18 heavy (non-hydrogen) atoms. The van der Waals surface area contributed by atoms with Crippen LogP contribution in [0.1, 0.15) is 0 Å². The number of aliphatic imine (C=N–C) groups is 1. The first kappa shape index (κ1) is 11.9. The molecule has 0 saturated heterocycles. The molecule has 92 valence electrons. The first-order chi connectivity index (χ1) is 8.69. The molecule has 2 aromatic rings. The highest BCUT2D eigenvalue weighted by molar-refractivity contribution is 5.78. The number of hydrogen-bond acceptors (Lipinski definition) is 3. The SMILES string of the molecule is COc1cccc(-c2ccc(N=C(N)N)nc2)c1. The number of methoxy groups -OCH3 is 1. The van der Waals surface area contributed by atoms with Gasteiger partial charge in [0.05, 0.1) is 7.11 Å². The third-order valence-electron chi connectivity index (χ3n) is 2.39. The lowest BCUT2D eigenvalue weighted by atomic mass is 10.1. The van der Waals surface area contributed by atoms with Crippen LogP contribution in [0.4, 0.5) is 5.82 Å². The highest BCUT2D eigenvalue weighted by Gasteiger charge is 2.00. The second-order valence-corrected chi connectivity index (χ2v) is 3.67. The van der Waals surface area contributed by atoms with Crippen molar-refractivity contribution in [2.75, 3.05) is 7.11 Å². The van der Waals surface area contributed by atoms with Crippen LogP contribution in [0.2, 0.25) is 0 Å². The van der Waals surface area contributed by atoms with Gasteiger partial charge in [-0.25, -0.2) is 4.98 Å². The van der Waals surface area contributed by atoms with Crippen molar-refractivity contribution in [2.24, 2.45) is 16.5 Å². The van der Waals surface area contributed by atoms with Crippen LogP contribution in [0.3, 0.4) is 0 Å². The summed E-state index contributed by atoms with van der Waals surface area (Å²) in [5, 5.41) is 0. The predicted molar refractivity (Wildman–Crippen MR) is 71.7 cm³/mol. The van der Waals surface area contributed by atoms with Crippen molar-refractivity contribution in [3.05, 3.63) is 42.6 Å². The molecule has 0 radical (unpaired) electrons. The lowest BCUT2D eigenvalue weighted by Gasteiger charge is -2.04. The van der Waals surface area contributed by atoms with E-state index in [0.717, 1.165) is 16.9 Å². The minimum Gasteiger partial charge on any atom is -0.497 e. The molecule has 0 spiro atoms. The van der Waals surface area contributed by atoms with Gasteiger partial charge in [-0.2, -0.15) is 4.99 Å². The molecule has 0 aliphatic heterocycles. The van der Waals surface area contributed by atoms with E-state index in [4.69, 9.17) is 16.2 Å². The number of benzene rings is 1. The van der Waals surface area contributed by atoms with Crippen molar-refractivity contribution in [1.82, 2.24) is 4.98 Å². The molecular weight excluding hydrogens is 228 g/mol. The maximum Gasteiger partial charge on any atom is 0.192 e. The molecule has 4 N–H and O–H groups in total. The third kappa shape index (κ3) is 2.76. The summed E-state index contributed by atoms with van der Waals surface area (Å²) < 4.78 is 5.18. The van der Waals surface area contributed by atoms with Crippen LogP contribution in [0.15, 0.2) is 47.6 Å². The molecule has 5 heteroatoms. The molecule has 0 atom stereocenters. The van der Waals surface area contributed by atoms with E-state index in [1.165, 1.54) is 0 Å². The van der Waals surface area contributed by atoms with Crippen LogP contribution in [0.5, 0.6) is 5.75 Å². The number of hydrogen-bond donors (Lipinski definition) is 2. The lowest BCUT2D eigenvalue weighted by Crippen LogP contribution is -2.22. The Hall–Kier alpha value is -2.56. The molecule has 2 rings (SSSR count). The lowest BCUT2D eigenvalue weighted by molar-refractivity contribution is 0.415. The molecule has 0 aliphatic carbocycles. The maximum absolute atomic E-state index is 5.28. The normalized spacial score (nSPS) is 9.83. The fraction of sp³-hybridized carbons (Fsp3) is 0.0769. The van der Waals surface area contributed by atoms with Gasteiger partial charge in [-0.1, -0.05) is 12.1 Å². The Morgan fingerprint density at radius 3 is 2.61 bits per heavy atom. The molecule has 0 fully saturated rings. The zero-order valence-corrected chi connectivity index (χ0v) is 10.00. The van der Waals surface area contributed by atoms with E-state index in [0.29, 0.717) is 5.82 Å². The van der Waals surface area contributed by atoms with Gasteiger partial charge in [0.25, 0.3) is 0 Å². The van der Waals surface area contributed by atoms with E-state index in [1.807, 2.05) is 30.3 Å². The third-order valence-corrected chi connectivity index (χ3v) is 2.39. The van der Waals surface area contributed by atoms with Crippen molar-refractivity contribution >= 4 is 11.8 Å². The fourth-order valence-electron chi connectivity index (χ4n) is 1.56. The first-order valence-electron chi connectivity index (χ1n) is 5.39. The molecule has 1 aromatic carbocycles. The quantitative estimate of drug-likeness (QED) is 0.633. The summed E-state index contributed by atoms with van der Waals surface area (Å²) in [6.07, 6.45) is 1.72. The van der Waals surface area contributed by atoms with Gasteiger partial charge in [0.15, 0.2) is 11.8 Å². The zero-order chi connectivity index (χ0) is 13.0. The highest BCUT2D eigenvalue weighted by atomic mass is 16.5. The average molecular weight is 242 g/mol. The Morgan fingerprint density at radius 2 is 2.00 bits per heavy atom. The summed E-state index contributed by atoms with van der Waals surface area (Å²) in [4.78, 5) is 8.03. The monoisotopic (exact) mass is 242 g/mol. The van der Waals surface area contributed by atoms with E-state index in [-0.39, 0.29) is 5.96 Å². The highest BCUT2D eigenvalue weighted by Crippen LogP contribution is 2.24. The summed E-state index contributed by atoms with van der Waals surface area (Å²) in [7, 11) is 1.64. The second-order valence-electron chi connectivity index (χ2n) is 3.67. The van der Waals surface area contributed by atoms with E-state index >= 15 is 0 Å². The van der Waals surface area contributed by atoms with Crippen LogP contribution < -0.4 is 16.2 Å². The van der Waals surface area contributed by atoms with Gasteiger partial charge < -0.3 is 16.2 Å². The minimum absolute atomic E-state index is 0.00312. The van der Waals surface area contributed by atoms with Gasteiger partial charge in [-0.3, -0.25) is 0 Å². The Balaban J connectivity index is 2.31. The first-order valence-corrected chi connectivity index (χ1v) is 5.39. The number of rotatable bonds is 3. The number of nitrogens with zero attached hydrogens (tertiary/aromatic N) is 2. The van der Waals surface area contributed by atoms with Crippen molar-refractivity contribution in [1.29, 1.82) is 0 Å². The summed E-state index contributed by atoms with van der Waals surface area (Å²) in [6.45, 7) is 0. The fourth-order valence-corrected chi connectivity index (χ4v) is 1.56. The predicted octanol–water partition coefficient (Wildman–Crippen LogP) is 1.66. The van der Waals surface area contributed by atoms with Gasteiger partial charge in [0.2, 0.25) is 0 Å². The van der Waals surface area contributed by atoms with Crippen LogP contribution in [-0.2, 0) is 0 Å². The average Bonchev–Trinajstić information content (AvgIpc) is 2.39. The molecule has 0 saturated carbocycles. The van der Waals surface area contributed by atoms with Crippen molar-refractivity contribution in [3.8, 4) is 16.9 Å². The Morgan fingerprint density at radius 1 is 1.17 bits per heavy atom. The number of nitrogens with two attached hydrogens (primary N) is 2. The van der Waals surface area contributed by atoms with Crippen LogP contribution in [0, 0.1) is 0 Å². The largest absolute Gasteiger partial charge is 0.497 e. The van der Waals surface area contributed by atoms with Gasteiger partial charge >= 0.3 is 0 Å². The Labute approximate surface area is 105 Å². The Kier molecular flexibility index (Phi) is 3.43. The number of pyridine rings is 1. The van der Waals surface area contributed by atoms with Gasteiger partial charge in [0.1, 0.15) is 5.75 Å². The maximum atomic E-state index is 5.28. The second kappa shape index (κ2) is 5.18. The molecule has 5 nitrogen and oxygen atoms in total. The number of guanidine groups is 1. The van der Waals surface area contributed by atoms with Crippen LogP contribution in [-0.4, -0.2) is 18.1 Å². The number of aromatic nitrogens is 1. The Bertz CT molecular complexity index is 559. The molecule has 0 unspecified atom stereocenters.